The van der Waals surface area contributed by atoms with Gasteiger partial charge in [0.05, 0.1) is 16.6 Å². The van der Waals surface area contributed by atoms with Crippen molar-refractivity contribution in [3.63, 3.8) is 0 Å². The molecule has 3 heteroatoms. The third kappa shape index (κ3) is 3.48. The summed E-state index contributed by atoms with van der Waals surface area (Å²) in [6, 6.07) is 26.5. The zero-order chi connectivity index (χ0) is 17.0. The first-order chi connectivity index (χ1) is 11.6. The van der Waals surface area contributed by atoms with Gasteiger partial charge in [0.2, 0.25) is 0 Å². The summed E-state index contributed by atoms with van der Waals surface area (Å²) < 4.78 is 12.9. The van der Waals surface area contributed by atoms with Crippen LogP contribution in [-0.4, -0.2) is 15.1 Å². The molecule has 24 heavy (non-hydrogen) atoms. The minimum Gasteiger partial charge on any atom is -0.379 e. The number of hydrogen-bond acceptors (Lipinski definition) is 2. The van der Waals surface area contributed by atoms with Gasteiger partial charge in [0.1, 0.15) is 5.60 Å². The fraction of sp³-hybridized carbons (Fsp3) is 0.143. The van der Waals surface area contributed by atoms with Crippen LogP contribution in [0, 0.1) is 6.92 Å². The molecule has 0 bridgehead atoms. The van der Waals surface area contributed by atoms with E-state index in [0.29, 0.717) is 0 Å². The van der Waals surface area contributed by atoms with Crippen molar-refractivity contribution < 1.29 is 9.32 Å². The van der Waals surface area contributed by atoms with Gasteiger partial charge in [-0.1, -0.05) is 78.4 Å². The predicted molar refractivity (Wildman–Crippen MR) is 98.3 cm³/mol. The van der Waals surface area contributed by atoms with Crippen LogP contribution in [-0.2, 0) is 16.4 Å². The Morgan fingerprint density at radius 1 is 0.792 bits per heavy atom. The summed E-state index contributed by atoms with van der Waals surface area (Å²) in [6.07, 6.45) is 0. The molecule has 0 aliphatic heterocycles. The first kappa shape index (κ1) is 16.6. The van der Waals surface area contributed by atoms with Crippen molar-refractivity contribution in [2.24, 2.45) is 0 Å². The number of benzene rings is 3. The van der Waals surface area contributed by atoms with Gasteiger partial charge in [0.15, 0.2) is 0 Å². The van der Waals surface area contributed by atoms with Crippen molar-refractivity contribution in [1.82, 2.24) is 0 Å². The smallest absolute Gasteiger partial charge is 0.126 e. The first-order valence-corrected chi connectivity index (χ1v) is 9.20. The van der Waals surface area contributed by atoms with Gasteiger partial charge < -0.3 is 5.11 Å². The maximum atomic E-state index is 12.9. The molecule has 0 fully saturated rings. The molecule has 1 atom stereocenters. The van der Waals surface area contributed by atoms with E-state index in [4.69, 9.17) is 0 Å². The van der Waals surface area contributed by atoms with Crippen LogP contribution in [0.2, 0.25) is 0 Å². The standard InChI is InChI=1S/C21H20O2S/c1-17-12-14-20(15-13-17)24(23)16-21(22,18-8-4-2-5-9-18)19-10-6-3-7-11-19/h2-15,22H,16H2,1H3/t24-/m0/s1. The molecule has 3 rings (SSSR count). The van der Waals surface area contributed by atoms with Gasteiger partial charge in [-0.2, -0.15) is 0 Å². The Morgan fingerprint density at radius 2 is 1.25 bits per heavy atom. The van der Waals surface area contributed by atoms with Gasteiger partial charge in [-0.15, -0.1) is 0 Å². The summed E-state index contributed by atoms with van der Waals surface area (Å²) in [5.74, 6) is 0.115. The Kier molecular flexibility index (Phi) is 4.93. The minimum atomic E-state index is -1.31. The topological polar surface area (TPSA) is 37.3 Å². The highest BCUT2D eigenvalue weighted by Crippen LogP contribution is 2.31. The maximum Gasteiger partial charge on any atom is 0.126 e. The number of aliphatic hydroxyl groups is 1. The summed E-state index contributed by atoms with van der Waals surface area (Å²) in [5.41, 5.74) is 1.32. The van der Waals surface area contributed by atoms with E-state index in [2.05, 4.69) is 0 Å². The molecular formula is C21H20O2S. The summed E-state index contributed by atoms with van der Waals surface area (Å²) in [4.78, 5) is 0.728. The Balaban J connectivity index is 2.00. The van der Waals surface area contributed by atoms with E-state index in [0.717, 1.165) is 21.6 Å². The molecule has 0 aromatic heterocycles. The SMILES string of the molecule is Cc1ccc([S@@](=O)CC(O)(c2ccccc2)c2ccccc2)cc1. The van der Waals surface area contributed by atoms with E-state index >= 15 is 0 Å². The molecule has 2 nitrogen and oxygen atoms in total. The number of aryl methyl sites for hydroxylation is 1. The van der Waals surface area contributed by atoms with Gasteiger partial charge in [-0.3, -0.25) is 4.21 Å². The molecule has 0 saturated heterocycles. The Labute approximate surface area is 145 Å². The van der Waals surface area contributed by atoms with E-state index in [9.17, 15) is 9.32 Å². The van der Waals surface area contributed by atoms with Gasteiger partial charge in [0, 0.05) is 4.90 Å². The summed E-state index contributed by atoms with van der Waals surface area (Å²) in [6.45, 7) is 2.00. The zero-order valence-electron chi connectivity index (χ0n) is 13.6. The highest BCUT2D eigenvalue weighted by Gasteiger charge is 2.33. The van der Waals surface area contributed by atoms with Crippen molar-refractivity contribution in [3.05, 3.63) is 102 Å². The van der Waals surface area contributed by atoms with Gasteiger partial charge in [-0.05, 0) is 30.2 Å². The Hall–Kier alpha value is -2.23. The van der Waals surface area contributed by atoms with Crippen LogP contribution in [0.1, 0.15) is 16.7 Å². The number of rotatable bonds is 5. The molecule has 1 N–H and O–H groups in total. The second kappa shape index (κ2) is 7.12. The second-order valence-corrected chi connectivity index (χ2v) is 7.35. The summed E-state index contributed by atoms with van der Waals surface area (Å²) >= 11 is 0. The average molecular weight is 336 g/mol. The van der Waals surface area contributed by atoms with E-state index in [1.54, 1.807) is 0 Å². The van der Waals surface area contributed by atoms with Crippen molar-refractivity contribution in [2.45, 2.75) is 17.4 Å². The average Bonchev–Trinajstić information content (AvgIpc) is 2.63. The highest BCUT2D eigenvalue weighted by molar-refractivity contribution is 7.85. The molecule has 0 heterocycles. The fourth-order valence-electron chi connectivity index (χ4n) is 2.72. The molecule has 0 aliphatic carbocycles. The van der Waals surface area contributed by atoms with Crippen molar-refractivity contribution in [1.29, 1.82) is 0 Å². The van der Waals surface area contributed by atoms with Gasteiger partial charge >= 0.3 is 0 Å². The predicted octanol–water partition coefficient (Wildman–Crippen LogP) is 4.04. The molecule has 3 aromatic rings. The van der Waals surface area contributed by atoms with Crippen LogP contribution >= 0.6 is 0 Å². The third-order valence-corrected chi connectivity index (χ3v) is 5.60. The molecule has 0 aliphatic rings. The lowest BCUT2D eigenvalue weighted by molar-refractivity contribution is 0.106. The molecule has 122 valence electrons. The molecule has 0 radical (unpaired) electrons. The van der Waals surface area contributed by atoms with E-state index in [-0.39, 0.29) is 5.75 Å². The van der Waals surface area contributed by atoms with E-state index < -0.39 is 16.4 Å². The lowest BCUT2D eigenvalue weighted by Crippen LogP contribution is -2.33. The van der Waals surface area contributed by atoms with Crippen molar-refractivity contribution >= 4 is 10.8 Å². The van der Waals surface area contributed by atoms with Crippen LogP contribution in [0.5, 0.6) is 0 Å². The largest absolute Gasteiger partial charge is 0.379 e. The van der Waals surface area contributed by atoms with Crippen LogP contribution < -0.4 is 0 Å². The highest BCUT2D eigenvalue weighted by atomic mass is 32.2. The van der Waals surface area contributed by atoms with E-state index in [1.807, 2.05) is 91.9 Å². The fourth-order valence-corrected chi connectivity index (χ4v) is 4.04. The molecule has 0 spiro atoms. The molecule has 0 saturated carbocycles. The van der Waals surface area contributed by atoms with Crippen LogP contribution in [0.25, 0.3) is 0 Å². The van der Waals surface area contributed by atoms with Crippen LogP contribution in [0.4, 0.5) is 0 Å². The lowest BCUT2D eigenvalue weighted by atomic mass is 9.88. The monoisotopic (exact) mass is 336 g/mol. The van der Waals surface area contributed by atoms with E-state index in [1.165, 1.54) is 0 Å². The second-order valence-electron chi connectivity index (χ2n) is 5.90. The minimum absolute atomic E-state index is 0.115. The zero-order valence-corrected chi connectivity index (χ0v) is 14.4. The summed E-state index contributed by atoms with van der Waals surface area (Å²) in [5, 5.41) is 11.4. The molecule has 0 unspecified atom stereocenters. The molecule has 0 amide bonds. The quantitative estimate of drug-likeness (QED) is 0.763. The van der Waals surface area contributed by atoms with Crippen LogP contribution in [0.3, 0.4) is 0 Å². The summed E-state index contributed by atoms with van der Waals surface area (Å²) in [7, 11) is -1.31. The lowest BCUT2D eigenvalue weighted by Gasteiger charge is -2.29. The van der Waals surface area contributed by atoms with Gasteiger partial charge in [0.25, 0.3) is 0 Å². The normalized spacial score (nSPS) is 12.8. The third-order valence-electron chi connectivity index (χ3n) is 4.13. The molecule has 3 aromatic carbocycles. The van der Waals surface area contributed by atoms with Crippen LogP contribution in [0.15, 0.2) is 89.8 Å². The van der Waals surface area contributed by atoms with Gasteiger partial charge in [-0.25, -0.2) is 0 Å². The Morgan fingerprint density at radius 3 is 1.71 bits per heavy atom. The van der Waals surface area contributed by atoms with Crippen molar-refractivity contribution in [3.8, 4) is 0 Å². The van der Waals surface area contributed by atoms with Crippen molar-refractivity contribution in [2.75, 3.05) is 5.75 Å². The molecular weight excluding hydrogens is 316 g/mol. The first-order valence-electron chi connectivity index (χ1n) is 7.88. The maximum absolute atomic E-state index is 12.9. The number of hydrogen-bond donors (Lipinski definition) is 1. The Bertz CT molecular complexity index is 772.